The van der Waals surface area contributed by atoms with Crippen molar-refractivity contribution in [1.29, 1.82) is 0 Å². The third-order valence-electron chi connectivity index (χ3n) is 8.34. The second-order valence-corrected chi connectivity index (χ2v) is 15.2. The zero-order chi connectivity index (χ0) is 33.2. The number of rotatable bonds is 15. The van der Waals surface area contributed by atoms with Crippen molar-refractivity contribution >= 4 is 21.3 Å². The van der Waals surface area contributed by atoms with Gasteiger partial charge in [0.25, 0.3) is 0 Å². The molecule has 48 heavy (non-hydrogen) atoms. The van der Waals surface area contributed by atoms with Crippen LogP contribution in [0.15, 0.2) is 121 Å². The Morgan fingerprint density at radius 2 is 1.25 bits per heavy atom. The molecule has 6 rings (SSSR count). The molecule has 1 unspecified atom stereocenters. The largest absolute Gasteiger partial charge is 0.726 e. The van der Waals surface area contributed by atoms with Gasteiger partial charge in [-0.3, -0.25) is 4.18 Å². The predicted octanol–water partition coefficient (Wildman–Crippen LogP) is 5.33. The van der Waals surface area contributed by atoms with Crippen LogP contribution in [-0.4, -0.2) is 67.4 Å². The van der Waals surface area contributed by atoms with E-state index in [2.05, 4.69) is 0 Å². The van der Waals surface area contributed by atoms with Crippen LogP contribution in [0.5, 0.6) is 0 Å². The molecule has 0 radical (unpaired) electrons. The van der Waals surface area contributed by atoms with Crippen molar-refractivity contribution in [3.63, 3.8) is 0 Å². The van der Waals surface area contributed by atoms with Crippen LogP contribution in [0.25, 0.3) is 0 Å². The quantitative estimate of drug-likeness (QED) is 0.0927. The molecule has 4 aromatic carbocycles. The number of ether oxygens (including phenoxy) is 5. The summed E-state index contributed by atoms with van der Waals surface area (Å²) in [4.78, 5) is 0. The minimum atomic E-state index is -5.01. The van der Waals surface area contributed by atoms with Gasteiger partial charge < -0.3 is 28.2 Å². The van der Waals surface area contributed by atoms with Crippen LogP contribution in [-0.2, 0) is 69.0 Å². The maximum absolute atomic E-state index is 11.8. The van der Waals surface area contributed by atoms with Crippen LogP contribution in [0.4, 0.5) is 0 Å². The zero-order valence-electron chi connectivity index (χ0n) is 26.5. The molecule has 4 aromatic rings. The molecule has 0 aliphatic carbocycles. The van der Waals surface area contributed by atoms with Crippen molar-refractivity contribution < 1.29 is 40.8 Å². The summed E-state index contributed by atoms with van der Waals surface area (Å²) in [5.41, 5.74) is 3.94. The Morgan fingerprint density at radius 1 is 0.708 bits per heavy atom. The summed E-state index contributed by atoms with van der Waals surface area (Å²) >= 11 is 0. The van der Waals surface area contributed by atoms with E-state index in [1.165, 1.54) is 0 Å². The summed E-state index contributed by atoms with van der Waals surface area (Å²) in [6.45, 7) is 1.52. The third-order valence-corrected chi connectivity index (χ3v) is 11.6. The Labute approximate surface area is 285 Å². The Hall–Kier alpha value is -3.10. The van der Waals surface area contributed by atoms with Gasteiger partial charge in [0.15, 0.2) is 11.5 Å². The van der Waals surface area contributed by atoms with Gasteiger partial charge in [0.2, 0.25) is 10.4 Å². The molecule has 2 aliphatic heterocycles. The molecule has 0 bridgehead atoms. The summed E-state index contributed by atoms with van der Waals surface area (Å²) < 4.78 is 72.2. The van der Waals surface area contributed by atoms with Crippen LogP contribution in [0, 0.1) is 0 Å². The Kier molecular flexibility index (Phi) is 12.3. The Balaban J connectivity index is 1.26. The van der Waals surface area contributed by atoms with Crippen LogP contribution >= 0.6 is 0 Å². The normalized spacial score (nSPS) is 26.0. The molecule has 2 saturated heterocycles. The zero-order valence-corrected chi connectivity index (χ0v) is 28.1. The first-order valence-electron chi connectivity index (χ1n) is 16.0. The molecular formula is C37H40O9S2. The fourth-order valence-electron chi connectivity index (χ4n) is 5.97. The van der Waals surface area contributed by atoms with E-state index in [-0.39, 0.29) is 24.1 Å². The molecule has 254 valence electrons. The van der Waals surface area contributed by atoms with Gasteiger partial charge in [-0.2, -0.15) is 0 Å². The summed E-state index contributed by atoms with van der Waals surface area (Å²) in [6.07, 6.45) is -3.16. The molecule has 11 heteroatoms. The van der Waals surface area contributed by atoms with Gasteiger partial charge in [-0.05, 0) is 16.7 Å². The first kappa shape index (κ1) is 34.8. The standard InChI is InChI=1S/C37H40O9S2/c38-48(39,40)46-32-24-44-37(31-19-11-4-12-20-31)45-33(32)26-47-27-34(42-22-29-15-7-2-8-16-29)36(43-23-30-17-9-3-10-18-30)35(47)25-41-21-28-13-5-1-6-14-28/h1-20,32-37H,21-27H2/t32-,33+,34+,35+,36-,37+,47?/m0/s1. The molecule has 7 atom stereocenters. The highest BCUT2D eigenvalue weighted by molar-refractivity contribution is 7.97. The molecule has 0 saturated carbocycles. The molecule has 0 amide bonds. The maximum atomic E-state index is 11.8. The highest BCUT2D eigenvalue weighted by Crippen LogP contribution is 2.35. The average Bonchev–Trinajstić information content (AvgIpc) is 3.43. The molecule has 2 aliphatic rings. The monoisotopic (exact) mass is 692 g/mol. The highest BCUT2D eigenvalue weighted by atomic mass is 32.3. The first-order valence-corrected chi connectivity index (χ1v) is 18.9. The molecule has 0 N–H and O–H groups in total. The van der Waals surface area contributed by atoms with Gasteiger partial charge in [0, 0.05) is 16.5 Å². The SMILES string of the molecule is O=S(=O)([O-])O[C@H]1CO[C@@H](c2ccccc2)O[C@@H]1C[S+]1C[C@@H](OCc2ccccc2)[C@H](OCc2ccccc2)[C@H]1COCc1ccccc1. The van der Waals surface area contributed by atoms with Gasteiger partial charge in [0.05, 0.1) is 33.0 Å². The van der Waals surface area contributed by atoms with Crippen molar-refractivity contribution in [3.8, 4) is 0 Å². The van der Waals surface area contributed by atoms with Crippen molar-refractivity contribution in [3.05, 3.63) is 144 Å². The second kappa shape index (κ2) is 17.0. The van der Waals surface area contributed by atoms with Crippen LogP contribution in [0.2, 0.25) is 0 Å². The van der Waals surface area contributed by atoms with Gasteiger partial charge in [-0.15, -0.1) is 0 Å². The van der Waals surface area contributed by atoms with Crippen molar-refractivity contribution in [2.24, 2.45) is 0 Å². The van der Waals surface area contributed by atoms with E-state index >= 15 is 0 Å². The molecular weight excluding hydrogens is 653 g/mol. The van der Waals surface area contributed by atoms with Crippen LogP contribution < -0.4 is 0 Å². The van der Waals surface area contributed by atoms with Crippen molar-refractivity contribution in [1.82, 2.24) is 0 Å². The highest BCUT2D eigenvalue weighted by Gasteiger charge is 2.55. The van der Waals surface area contributed by atoms with E-state index in [1.807, 2.05) is 121 Å². The predicted molar refractivity (Wildman–Crippen MR) is 182 cm³/mol. The number of benzene rings is 4. The lowest BCUT2D eigenvalue weighted by Gasteiger charge is -2.36. The minimum Gasteiger partial charge on any atom is -0.726 e. The fraction of sp³-hybridized carbons (Fsp3) is 0.351. The van der Waals surface area contributed by atoms with Gasteiger partial charge in [-0.25, -0.2) is 8.42 Å². The van der Waals surface area contributed by atoms with Crippen molar-refractivity contribution in [2.45, 2.75) is 55.8 Å². The van der Waals surface area contributed by atoms with E-state index in [4.69, 9.17) is 27.9 Å². The topological polar surface area (TPSA) is 113 Å². The summed E-state index contributed by atoms with van der Waals surface area (Å²) in [5, 5.41) is -0.107. The lowest BCUT2D eigenvalue weighted by molar-refractivity contribution is -0.245. The first-order chi connectivity index (χ1) is 23.4. The van der Waals surface area contributed by atoms with E-state index in [0.29, 0.717) is 37.9 Å². The summed E-state index contributed by atoms with van der Waals surface area (Å²) in [5.74, 6) is 1.04. The van der Waals surface area contributed by atoms with Gasteiger partial charge in [0.1, 0.15) is 35.9 Å². The second-order valence-electron chi connectivity index (χ2n) is 11.8. The lowest BCUT2D eigenvalue weighted by atomic mass is 10.1. The summed E-state index contributed by atoms with van der Waals surface area (Å²) in [6, 6.07) is 39.4. The number of hydrogen-bond donors (Lipinski definition) is 0. The van der Waals surface area contributed by atoms with Crippen LogP contribution in [0.3, 0.4) is 0 Å². The molecule has 2 heterocycles. The van der Waals surface area contributed by atoms with E-state index < -0.39 is 39.8 Å². The van der Waals surface area contributed by atoms with Crippen LogP contribution in [0.1, 0.15) is 28.5 Å². The maximum Gasteiger partial charge on any atom is 0.218 e. The van der Waals surface area contributed by atoms with Crippen molar-refractivity contribution in [2.75, 3.05) is 24.7 Å². The molecule has 2 fully saturated rings. The lowest BCUT2D eigenvalue weighted by Crippen LogP contribution is -2.48. The molecule has 0 aromatic heterocycles. The minimum absolute atomic E-state index is 0.107. The fourth-order valence-corrected chi connectivity index (χ4v) is 9.43. The Morgan fingerprint density at radius 3 is 1.83 bits per heavy atom. The smallest absolute Gasteiger partial charge is 0.218 e. The van der Waals surface area contributed by atoms with Gasteiger partial charge >= 0.3 is 0 Å². The molecule has 0 spiro atoms. The average molecular weight is 693 g/mol. The Bertz CT molecular complexity index is 1630. The van der Waals surface area contributed by atoms with E-state index in [1.54, 1.807) is 0 Å². The van der Waals surface area contributed by atoms with Gasteiger partial charge in [-0.1, -0.05) is 121 Å². The molecule has 9 nitrogen and oxygen atoms in total. The van der Waals surface area contributed by atoms with E-state index in [9.17, 15) is 13.0 Å². The third kappa shape index (κ3) is 9.97. The van der Waals surface area contributed by atoms with E-state index in [0.717, 1.165) is 22.3 Å². The number of hydrogen-bond acceptors (Lipinski definition) is 9. The summed E-state index contributed by atoms with van der Waals surface area (Å²) in [7, 11) is -5.46.